The van der Waals surface area contributed by atoms with Gasteiger partial charge in [0.25, 0.3) is 0 Å². The highest BCUT2D eigenvalue weighted by Crippen LogP contribution is 2.45. The molecule has 5 nitrogen and oxygen atoms in total. The van der Waals surface area contributed by atoms with E-state index in [1.54, 1.807) is 0 Å². The van der Waals surface area contributed by atoms with Gasteiger partial charge in [0.2, 0.25) is 0 Å². The molecule has 2 unspecified atom stereocenters. The molecule has 0 heterocycles. The molecule has 0 aromatic heterocycles. The second-order valence-electron chi connectivity index (χ2n) is 6.89. The van der Waals surface area contributed by atoms with Crippen molar-refractivity contribution in [2.45, 2.75) is 65.5 Å². The van der Waals surface area contributed by atoms with Gasteiger partial charge in [-0.25, -0.2) is 4.79 Å². The number of hydrogen-bond donors (Lipinski definition) is 1. The number of nitrogens with one attached hydrogen (secondary N) is 1. The minimum atomic E-state index is -0.514. The number of ether oxygens (including phenoxy) is 2. The van der Waals surface area contributed by atoms with Gasteiger partial charge in [0, 0.05) is 6.04 Å². The molecule has 0 aromatic rings. The largest absolute Gasteiger partial charge is 0.469 e. The smallest absolute Gasteiger partial charge is 0.407 e. The number of carbonyl (C=O) groups excluding carboxylic acids is 2. The summed E-state index contributed by atoms with van der Waals surface area (Å²) in [4.78, 5) is 23.9. The number of alkyl carbamates (subject to hydrolysis) is 1. The maximum absolute atomic E-state index is 12.1. The Morgan fingerprint density at radius 3 is 2.35 bits per heavy atom. The van der Waals surface area contributed by atoms with E-state index in [4.69, 9.17) is 9.47 Å². The molecule has 1 fully saturated rings. The van der Waals surface area contributed by atoms with Crippen LogP contribution in [0.1, 0.15) is 53.9 Å². The molecule has 1 rings (SSSR count). The lowest BCUT2D eigenvalue weighted by Gasteiger charge is -2.30. The summed E-state index contributed by atoms with van der Waals surface area (Å²) in [6.45, 7) is 9.52. The molecule has 0 bridgehead atoms. The summed E-state index contributed by atoms with van der Waals surface area (Å²) in [5.74, 6) is 0.00127. The molecule has 0 aromatic carbocycles. The van der Waals surface area contributed by atoms with Crippen molar-refractivity contribution in [2.24, 2.45) is 11.3 Å². The first-order valence-electron chi connectivity index (χ1n) is 7.18. The number of carbonyl (C=O) groups is 2. The van der Waals surface area contributed by atoms with Crippen molar-refractivity contribution < 1.29 is 19.1 Å². The quantitative estimate of drug-likeness (QED) is 0.810. The monoisotopic (exact) mass is 285 g/mol. The van der Waals surface area contributed by atoms with Gasteiger partial charge < -0.3 is 14.8 Å². The van der Waals surface area contributed by atoms with E-state index >= 15 is 0 Å². The first-order valence-corrected chi connectivity index (χ1v) is 7.18. The van der Waals surface area contributed by atoms with Crippen LogP contribution < -0.4 is 5.32 Å². The lowest BCUT2D eigenvalue weighted by atomic mass is 9.75. The fraction of sp³-hybridized carbons (Fsp3) is 0.867. The highest BCUT2D eigenvalue weighted by Gasteiger charge is 2.49. The Hall–Kier alpha value is -1.26. The zero-order valence-corrected chi connectivity index (χ0v) is 13.4. The summed E-state index contributed by atoms with van der Waals surface area (Å²) in [7, 11) is 1.42. The molecule has 116 valence electrons. The third-order valence-electron chi connectivity index (χ3n) is 3.97. The molecule has 5 heteroatoms. The van der Waals surface area contributed by atoms with Gasteiger partial charge in [-0.15, -0.1) is 0 Å². The third-order valence-corrected chi connectivity index (χ3v) is 3.97. The highest BCUT2D eigenvalue weighted by molar-refractivity contribution is 5.78. The van der Waals surface area contributed by atoms with Crippen molar-refractivity contribution in [1.82, 2.24) is 5.32 Å². The Kier molecular flexibility index (Phi) is 5.05. The SMILES string of the molecule is COC(=O)C1(C(C)C)CCC(NC(=O)OC(C)(C)C)C1. The van der Waals surface area contributed by atoms with Crippen molar-refractivity contribution in [3.63, 3.8) is 0 Å². The van der Waals surface area contributed by atoms with Crippen LogP contribution in [-0.2, 0) is 14.3 Å². The van der Waals surface area contributed by atoms with E-state index in [0.717, 1.165) is 12.8 Å². The molecule has 1 N–H and O–H groups in total. The molecule has 20 heavy (non-hydrogen) atoms. The van der Waals surface area contributed by atoms with Crippen LogP contribution >= 0.6 is 0 Å². The van der Waals surface area contributed by atoms with Gasteiger partial charge in [-0.05, 0) is 46.0 Å². The standard InChI is InChI=1S/C15H27NO4/c1-10(2)15(12(17)19-6)8-7-11(9-15)16-13(18)20-14(3,4)5/h10-11H,7-9H2,1-6H3,(H,16,18). The zero-order valence-electron chi connectivity index (χ0n) is 13.4. The van der Waals surface area contributed by atoms with Crippen molar-refractivity contribution in [2.75, 3.05) is 7.11 Å². The van der Waals surface area contributed by atoms with E-state index in [2.05, 4.69) is 5.32 Å². The first-order chi connectivity index (χ1) is 9.10. The van der Waals surface area contributed by atoms with Crippen LogP contribution in [0.15, 0.2) is 0 Å². The lowest BCUT2D eigenvalue weighted by Crippen LogP contribution is -2.41. The number of esters is 1. The molecule has 1 saturated carbocycles. The average molecular weight is 285 g/mol. The Labute approximate surface area is 121 Å². The molecule has 1 amide bonds. The number of hydrogen-bond acceptors (Lipinski definition) is 4. The maximum atomic E-state index is 12.1. The normalized spacial score (nSPS) is 26.4. The minimum Gasteiger partial charge on any atom is -0.469 e. The molecule has 1 aliphatic carbocycles. The van der Waals surface area contributed by atoms with Gasteiger partial charge in [0.15, 0.2) is 0 Å². The van der Waals surface area contributed by atoms with Gasteiger partial charge in [0.1, 0.15) is 5.60 Å². The fourth-order valence-corrected chi connectivity index (χ4v) is 2.82. The van der Waals surface area contributed by atoms with Gasteiger partial charge in [-0.2, -0.15) is 0 Å². The Morgan fingerprint density at radius 1 is 1.30 bits per heavy atom. The maximum Gasteiger partial charge on any atom is 0.407 e. The van der Waals surface area contributed by atoms with Crippen LogP contribution in [0, 0.1) is 11.3 Å². The molecule has 1 aliphatic rings. The molecule has 0 spiro atoms. The van der Waals surface area contributed by atoms with Gasteiger partial charge >= 0.3 is 12.1 Å². The fourth-order valence-electron chi connectivity index (χ4n) is 2.82. The Morgan fingerprint density at radius 2 is 1.90 bits per heavy atom. The van der Waals surface area contributed by atoms with E-state index in [1.807, 2.05) is 34.6 Å². The van der Waals surface area contributed by atoms with E-state index in [0.29, 0.717) is 6.42 Å². The summed E-state index contributed by atoms with van der Waals surface area (Å²) in [5, 5.41) is 2.86. The number of rotatable bonds is 3. The van der Waals surface area contributed by atoms with Crippen molar-refractivity contribution in [1.29, 1.82) is 0 Å². The molecular weight excluding hydrogens is 258 g/mol. The van der Waals surface area contributed by atoms with Gasteiger partial charge in [-0.3, -0.25) is 4.79 Å². The van der Waals surface area contributed by atoms with Crippen LogP contribution in [0.4, 0.5) is 4.79 Å². The predicted octanol–water partition coefficient (Wildman–Crippen LogP) is 2.88. The predicted molar refractivity (Wildman–Crippen MR) is 76.3 cm³/mol. The molecule has 0 aliphatic heterocycles. The summed E-state index contributed by atoms with van der Waals surface area (Å²) in [6, 6.07) is -0.0358. The summed E-state index contributed by atoms with van der Waals surface area (Å²) >= 11 is 0. The minimum absolute atomic E-state index is 0.0358. The molecule has 0 radical (unpaired) electrons. The van der Waals surface area contributed by atoms with E-state index in [9.17, 15) is 9.59 Å². The van der Waals surface area contributed by atoms with Crippen LogP contribution in [0.25, 0.3) is 0 Å². The van der Waals surface area contributed by atoms with Crippen molar-refractivity contribution in [3.05, 3.63) is 0 Å². The van der Waals surface area contributed by atoms with Gasteiger partial charge in [-0.1, -0.05) is 13.8 Å². The van der Waals surface area contributed by atoms with Crippen molar-refractivity contribution >= 4 is 12.1 Å². The lowest BCUT2D eigenvalue weighted by molar-refractivity contribution is -0.155. The topological polar surface area (TPSA) is 64.6 Å². The van der Waals surface area contributed by atoms with Crippen LogP contribution in [-0.4, -0.2) is 30.8 Å². The second kappa shape index (κ2) is 6.02. The van der Waals surface area contributed by atoms with Crippen LogP contribution in [0.3, 0.4) is 0 Å². The number of amides is 1. The van der Waals surface area contributed by atoms with E-state index in [-0.39, 0.29) is 17.9 Å². The van der Waals surface area contributed by atoms with E-state index < -0.39 is 17.1 Å². The molecular formula is C15H27NO4. The Balaban J connectivity index is 2.66. The van der Waals surface area contributed by atoms with Crippen molar-refractivity contribution in [3.8, 4) is 0 Å². The van der Waals surface area contributed by atoms with E-state index in [1.165, 1.54) is 7.11 Å². The third kappa shape index (κ3) is 3.87. The number of methoxy groups -OCH3 is 1. The summed E-state index contributed by atoms with van der Waals surface area (Å²) in [5.41, 5.74) is -1.01. The van der Waals surface area contributed by atoms with Gasteiger partial charge in [0.05, 0.1) is 12.5 Å². The molecule has 2 atom stereocenters. The Bertz CT molecular complexity index is 373. The average Bonchev–Trinajstić information content (AvgIpc) is 2.70. The van der Waals surface area contributed by atoms with Crippen LogP contribution in [0.5, 0.6) is 0 Å². The first kappa shape index (κ1) is 16.8. The summed E-state index contributed by atoms with van der Waals surface area (Å²) < 4.78 is 10.2. The van der Waals surface area contributed by atoms with Crippen LogP contribution in [0.2, 0.25) is 0 Å². The second-order valence-corrected chi connectivity index (χ2v) is 6.89. The summed E-state index contributed by atoms with van der Waals surface area (Å²) in [6.07, 6.45) is 1.69. The zero-order chi connectivity index (χ0) is 15.6. The highest BCUT2D eigenvalue weighted by atomic mass is 16.6. The molecule has 0 saturated heterocycles.